The van der Waals surface area contributed by atoms with Crippen LogP contribution in [0, 0.1) is 34.0 Å². The third kappa shape index (κ3) is 2.29. The first-order valence-corrected chi connectivity index (χ1v) is 5.83. The smallest absolute Gasteiger partial charge is 0.195 e. The second-order valence-electron chi connectivity index (χ2n) is 3.82. The molecule has 6 nitrogen and oxygen atoms in total. The molecule has 2 rings (SSSR count). The van der Waals surface area contributed by atoms with Crippen molar-refractivity contribution in [3.63, 3.8) is 0 Å². The molecule has 0 saturated carbocycles. The molecule has 0 aliphatic heterocycles. The minimum absolute atomic E-state index is 0.108. The number of benzene rings is 1. The Bertz CT molecular complexity index is 795. The third-order valence-corrected chi connectivity index (χ3v) is 2.61. The van der Waals surface area contributed by atoms with Crippen molar-refractivity contribution < 1.29 is 4.42 Å². The molecule has 20 heavy (non-hydrogen) atoms. The second kappa shape index (κ2) is 5.56. The lowest BCUT2D eigenvalue weighted by Crippen LogP contribution is -2.01. The first kappa shape index (κ1) is 13.1. The number of hydrogen-bond donors (Lipinski definition) is 1. The Morgan fingerprint density at radius 3 is 2.60 bits per heavy atom. The molecule has 0 aliphatic rings. The van der Waals surface area contributed by atoms with Gasteiger partial charge in [-0.1, -0.05) is 13.0 Å². The van der Waals surface area contributed by atoms with Crippen molar-refractivity contribution in [2.24, 2.45) is 0 Å². The lowest BCUT2D eigenvalue weighted by atomic mass is 10.2. The van der Waals surface area contributed by atoms with Gasteiger partial charge in [0.2, 0.25) is 0 Å². The predicted molar refractivity (Wildman–Crippen MR) is 70.9 cm³/mol. The predicted octanol–water partition coefficient (Wildman–Crippen LogP) is 2.63. The van der Waals surface area contributed by atoms with Crippen LogP contribution in [0.2, 0.25) is 0 Å². The fourth-order valence-electron chi connectivity index (χ4n) is 1.66. The maximum atomic E-state index is 9.03. The largest absolute Gasteiger partial charge is 0.441 e. The van der Waals surface area contributed by atoms with Crippen LogP contribution in [0.15, 0.2) is 33.9 Å². The monoisotopic (exact) mass is 263 g/mol. The molecule has 0 fully saturated rings. The quantitative estimate of drug-likeness (QED) is 0.852. The fourth-order valence-corrected chi connectivity index (χ4v) is 1.66. The summed E-state index contributed by atoms with van der Waals surface area (Å²) in [4.78, 5) is 4.30. The van der Waals surface area contributed by atoms with Crippen molar-refractivity contribution in [3.8, 4) is 18.2 Å². The number of nitrogens with one attached hydrogen (secondary N) is 1. The number of fused-ring (bicyclic) bond motifs is 1. The van der Waals surface area contributed by atoms with E-state index in [1.165, 1.54) is 0 Å². The Morgan fingerprint density at radius 2 is 2.00 bits per heavy atom. The van der Waals surface area contributed by atoms with Crippen LogP contribution in [0.25, 0.3) is 11.1 Å². The highest BCUT2D eigenvalue weighted by Crippen LogP contribution is 2.25. The van der Waals surface area contributed by atoms with Crippen LogP contribution in [0.5, 0.6) is 0 Å². The summed E-state index contributed by atoms with van der Waals surface area (Å²) in [6, 6.07) is 10.4. The molecule has 0 spiro atoms. The molecule has 0 saturated heterocycles. The molecule has 1 heterocycles. The van der Waals surface area contributed by atoms with Crippen LogP contribution in [-0.4, -0.2) is 4.98 Å². The van der Waals surface area contributed by atoms with Crippen molar-refractivity contribution in [1.29, 1.82) is 15.8 Å². The van der Waals surface area contributed by atoms with E-state index in [0.29, 0.717) is 29.1 Å². The number of allylic oxidation sites excluding steroid dienone is 2. The number of anilines is 1. The molecular weight excluding hydrogens is 254 g/mol. The first-order valence-electron chi connectivity index (χ1n) is 5.83. The van der Waals surface area contributed by atoms with Crippen molar-refractivity contribution in [3.05, 3.63) is 35.4 Å². The molecule has 0 unspecified atom stereocenters. The summed E-state index contributed by atoms with van der Waals surface area (Å²) in [6.45, 7) is 1.92. The highest BCUT2D eigenvalue weighted by molar-refractivity contribution is 5.88. The Hall–Kier alpha value is -3.30. The van der Waals surface area contributed by atoms with E-state index in [0.717, 1.165) is 0 Å². The van der Waals surface area contributed by atoms with Crippen LogP contribution in [0.4, 0.5) is 5.69 Å². The van der Waals surface area contributed by atoms with Gasteiger partial charge in [0.25, 0.3) is 0 Å². The van der Waals surface area contributed by atoms with Gasteiger partial charge in [0.15, 0.2) is 17.0 Å². The number of aryl methyl sites for hydroxylation is 1. The van der Waals surface area contributed by atoms with Gasteiger partial charge in [0.1, 0.15) is 29.4 Å². The van der Waals surface area contributed by atoms with E-state index in [-0.39, 0.29) is 11.3 Å². The molecule has 96 valence electrons. The zero-order valence-corrected chi connectivity index (χ0v) is 10.6. The molecule has 1 aromatic carbocycles. The average Bonchev–Trinajstić information content (AvgIpc) is 2.91. The standard InChI is InChI=1S/C14H9N5O/c1-2-13-19-14-10(4-3-5-12(14)20-13)18-11(8-17)9(6-15)7-16/h3-5,18H,2H2,1H3. The van der Waals surface area contributed by atoms with Crippen LogP contribution < -0.4 is 5.32 Å². The first-order chi connectivity index (χ1) is 9.73. The maximum Gasteiger partial charge on any atom is 0.195 e. The Kier molecular flexibility index (Phi) is 3.65. The molecule has 6 heteroatoms. The van der Waals surface area contributed by atoms with Gasteiger partial charge in [-0.05, 0) is 12.1 Å². The highest BCUT2D eigenvalue weighted by Gasteiger charge is 2.12. The molecule has 0 radical (unpaired) electrons. The number of para-hydroxylation sites is 1. The number of oxazole rings is 1. The number of nitrogens with zero attached hydrogens (tertiary/aromatic N) is 4. The van der Waals surface area contributed by atoms with E-state index in [9.17, 15) is 0 Å². The minimum Gasteiger partial charge on any atom is -0.441 e. The SMILES string of the molecule is CCc1nc2c(NC(C#N)=C(C#N)C#N)cccc2o1. The second-order valence-corrected chi connectivity index (χ2v) is 3.82. The van der Waals surface area contributed by atoms with Crippen LogP contribution in [0.3, 0.4) is 0 Å². The van der Waals surface area contributed by atoms with E-state index >= 15 is 0 Å². The van der Waals surface area contributed by atoms with E-state index in [4.69, 9.17) is 20.2 Å². The van der Waals surface area contributed by atoms with Gasteiger partial charge in [-0.3, -0.25) is 0 Å². The van der Waals surface area contributed by atoms with Gasteiger partial charge in [-0.2, -0.15) is 15.8 Å². The summed E-state index contributed by atoms with van der Waals surface area (Å²) in [5, 5.41) is 29.4. The number of hydrogen-bond acceptors (Lipinski definition) is 6. The van der Waals surface area contributed by atoms with Gasteiger partial charge < -0.3 is 9.73 Å². The molecule has 1 N–H and O–H groups in total. The van der Waals surface area contributed by atoms with E-state index in [1.54, 1.807) is 36.4 Å². The Balaban J connectivity index is 2.53. The van der Waals surface area contributed by atoms with E-state index in [2.05, 4.69) is 10.3 Å². The molecule has 0 atom stereocenters. The zero-order chi connectivity index (χ0) is 14.5. The molecule has 1 aromatic heterocycles. The maximum absolute atomic E-state index is 9.03. The van der Waals surface area contributed by atoms with Crippen LogP contribution in [-0.2, 0) is 6.42 Å². The van der Waals surface area contributed by atoms with Gasteiger partial charge >= 0.3 is 0 Å². The Labute approximate surface area is 115 Å². The normalized spacial score (nSPS) is 9.30. The van der Waals surface area contributed by atoms with Crippen molar-refractivity contribution in [1.82, 2.24) is 4.98 Å². The minimum atomic E-state index is -0.274. The highest BCUT2D eigenvalue weighted by atomic mass is 16.3. The molecule has 0 aliphatic carbocycles. The lowest BCUT2D eigenvalue weighted by Gasteiger charge is -2.04. The van der Waals surface area contributed by atoms with Gasteiger partial charge in [-0.25, -0.2) is 4.98 Å². The van der Waals surface area contributed by atoms with E-state index < -0.39 is 0 Å². The molecular formula is C14H9N5O. The topological polar surface area (TPSA) is 109 Å². The molecule has 0 amide bonds. The van der Waals surface area contributed by atoms with Gasteiger partial charge in [0.05, 0.1) is 5.69 Å². The summed E-state index contributed by atoms with van der Waals surface area (Å²) in [7, 11) is 0. The Morgan fingerprint density at radius 1 is 1.25 bits per heavy atom. The van der Waals surface area contributed by atoms with Crippen molar-refractivity contribution in [2.45, 2.75) is 13.3 Å². The zero-order valence-electron chi connectivity index (χ0n) is 10.6. The molecule has 2 aromatic rings. The summed E-state index contributed by atoms with van der Waals surface area (Å²) >= 11 is 0. The average molecular weight is 263 g/mol. The summed E-state index contributed by atoms with van der Waals surface area (Å²) in [5.74, 6) is 0.581. The number of aromatic nitrogens is 1. The fraction of sp³-hybridized carbons (Fsp3) is 0.143. The third-order valence-electron chi connectivity index (χ3n) is 2.61. The van der Waals surface area contributed by atoms with Gasteiger partial charge in [0, 0.05) is 6.42 Å². The van der Waals surface area contributed by atoms with Crippen molar-refractivity contribution >= 4 is 16.8 Å². The summed E-state index contributed by atoms with van der Waals surface area (Å²) in [6.07, 6.45) is 0.650. The van der Waals surface area contributed by atoms with Crippen LogP contribution >= 0.6 is 0 Å². The van der Waals surface area contributed by atoms with E-state index in [1.807, 2.05) is 6.92 Å². The van der Waals surface area contributed by atoms with Crippen LogP contribution in [0.1, 0.15) is 12.8 Å². The summed E-state index contributed by atoms with van der Waals surface area (Å²) in [5.41, 5.74) is 1.28. The molecule has 0 bridgehead atoms. The summed E-state index contributed by atoms with van der Waals surface area (Å²) < 4.78 is 5.51. The number of nitriles is 3. The number of rotatable bonds is 3. The van der Waals surface area contributed by atoms with Crippen molar-refractivity contribution in [2.75, 3.05) is 5.32 Å². The lowest BCUT2D eigenvalue weighted by molar-refractivity contribution is 0.538. The van der Waals surface area contributed by atoms with Gasteiger partial charge in [-0.15, -0.1) is 0 Å².